The summed E-state index contributed by atoms with van der Waals surface area (Å²) in [6.07, 6.45) is 1.01. The second kappa shape index (κ2) is 11.6. The summed E-state index contributed by atoms with van der Waals surface area (Å²) in [7, 11) is 3.41. The molecule has 0 aliphatic heterocycles. The van der Waals surface area contributed by atoms with Crippen molar-refractivity contribution in [1.82, 2.24) is 0 Å². The molecule has 33 heavy (non-hydrogen) atoms. The molecule has 0 aromatic heterocycles. The van der Waals surface area contributed by atoms with Gasteiger partial charge in [-0.2, -0.15) is 0 Å². The van der Waals surface area contributed by atoms with E-state index in [1.54, 1.807) is 14.2 Å². The summed E-state index contributed by atoms with van der Waals surface area (Å²) < 4.78 is 12.3. The van der Waals surface area contributed by atoms with E-state index in [2.05, 4.69) is 84.9 Å². The van der Waals surface area contributed by atoms with Crippen LogP contribution in [-0.2, 0) is 0 Å². The third kappa shape index (κ3) is 5.96. The fourth-order valence-corrected chi connectivity index (χ4v) is 5.74. The standard InChI is InChI=1S/C30H28O2Se/c1-31-26-17-13-24(14-18-26)30(25-15-19-27(32-2)20-16-25)29(23-9-5-3-6-10-23)21-22-33-28-11-7-4-8-12-28/h3-20H,21-22H2,1-2H3. The monoisotopic (exact) mass is 500 g/mol. The number of hydrogen-bond donors (Lipinski definition) is 0. The Morgan fingerprint density at radius 1 is 0.576 bits per heavy atom. The normalized spacial score (nSPS) is 10.5. The second-order valence-electron chi connectivity index (χ2n) is 7.59. The van der Waals surface area contributed by atoms with Crippen LogP contribution in [0.25, 0.3) is 11.1 Å². The number of allylic oxidation sites excluding steroid dienone is 1. The van der Waals surface area contributed by atoms with Crippen molar-refractivity contribution in [1.29, 1.82) is 0 Å². The number of ether oxygens (including phenoxy) is 2. The predicted octanol–water partition coefficient (Wildman–Crippen LogP) is 6.50. The van der Waals surface area contributed by atoms with Gasteiger partial charge in [0.15, 0.2) is 0 Å². The molecule has 0 aliphatic rings. The van der Waals surface area contributed by atoms with Gasteiger partial charge in [-0.1, -0.05) is 0 Å². The first kappa shape index (κ1) is 22.9. The summed E-state index contributed by atoms with van der Waals surface area (Å²) in [4.78, 5) is 0. The third-order valence-corrected chi connectivity index (χ3v) is 7.67. The van der Waals surface area contributed by atoms with E-state index in [0.717, 1.165) is 23.2 Å². The van der Waals surface area contributed by atoms with Crippen molar-refractivity contribution in [2.45, 2.75) is 11.7 Å². The molecule has 4 aromatic rings. The summed E-state index contributed by atoms with van der Waals surface area (Å²) in [5.74, 6) is 1.73. The predicted molar refractivity (Wildman–Crippen MR) is 140 cm³/mol. The third-order valence-electron chi connectivity index (χ3n) is 5.55. The van der Waals surface area contributed by atoms with E-state index in [1.807, 2.05) is 24.3 Å². The molecule has 0 heterocycles. The molecule has 166 valence electrons. The molecule has 3 heteroatoms. The first-order valence-electron chi connectivity index (χ1n) is 11.0. The van der Waals surface area contributed by atoms with Gasteiger partial charge in [-0.3, -0.25) is 0 Å². The summed E-state index contributed by atoms with van der Waals surface area (Å²) in [5.41, 5.74) is 6.26. The van der Waals surface area contributed by atoms with Gasteiger partial charge in [0.05, 0.1) is 0 Å². The maximum atomic E-state index is 5.41. The van der Waals surface area contributed by atoms with Crippen LogP contribution in [0, 0.1) is 0 Å². The van der Waals surface area contributed by atoms with Crippen molar-refractivity contribution >= 4 is 30.6 Å². The van der Waals surface area contributed by atoms with Gasteiger partial charge in [0.2, 0.25) is 0 Å². The van der Waals surface area contributed by atoms with Crippen LogP contribution in [0.2, 0.25) is 5.32 Å². The van der Waals surface area contributed by atoms with Gasteiger partial charge in [0.1, 0.15) is 0 Å². The molecule has 0 atom stereocenters. The van der Waals surface area contributed by atoms with Crippen LogP contribution in [0.3, 0.4) is 0 Å². The molecule has 0 saturated carbocycles. The van der Waals surface area contributed by atoms with Gasteiger partial charge >= 0.3 is 203 Å². The Bertz CT molecular complexity index is 1120. The second-order valence-corrected chi connectivity index (χ2v) is 10.0. The fourth-order valence-electron chi connectivity index (χ4n) is 3.87. The number of rotatable bonds is 9. The number of methoxy groups -OCH3 is 2. The van der Waals surface area contributed by atoms with Gasteiger partial charge in [-0.05, 0) is 0 Å². The molecule has 0 bridgehead atoms. The fraction of sp³-hybridized carbons (Fsp3) is 0.133. The molecule has 0 unspecified atom stereocenters. The van der Waals surface area contributed by atoms with Crippen molar-refractivity contribution in [3.63, 3.8) is 0 Å². The number of hydrogen-bond acceptors (Lipinski definition) is 2. The van der Waals surface area contributed by atoms with E-state index < -0.39 is 0 Å². The summed E-state index contributed by atoms with van der Waals surface area (Å²) >= 11 is 0.423. The van der Waals surface area contributed by atoms with Gasteiger partial charge in [0, 0.05) is 0 Å². The maximum absolute atomic E-state index is 5.41. The zero-order valence-electron chi connectivity index (χ0n) is 19.0. The van der Waals surface area contributed by atoms with Gasteiger partial charge in [-0.25, -0.2) is 0 Å². The van der Waals surface area contributed by atoms with Crippen molar-refractivity contribution in [3.05, 3.63) is 126 Å². The first-order chi connectivity index (χ1) is 16.3. The molecule has 0 aliphatic carbocycles. The molecular weight excluding hydrogens is 471 g/mol. The van der Waals surface area contributed by atoms with Crippen LogP contribution < -0.4 is 13.9 Å². The van der Waals surface area contributed by atoms with E-state index in [1.165, 1.54) is 32.3 Å². The average Bonchev–Trinajstić information content (AvgIpc) is 2.90. The summed E-state index contributed by atoms with van der Waals surface area (Å²) in [6, 6.07) is 38.4. The van der Waals surface area contributed by atoms with Gasteiger partial charge in [-0.15, -0.1) is 0 Å². The summed E-state index contributed by atoms with van der Waals surface area (Å²) in [5, 5.41) is 1.14. The zero-order chi connectivity index (χ0) is 22.9. The van der Waals surface area contributed by atoms with Crippen LogP contribution in [0.5, 0.6) is 11.5 Å². The molecule has 0 spiro atoms. The van der Waals surface area contributed by atoms with E-state index in [-0.39, 0.29) is 0 Å². The molecule has 0 amide bonds. The van der Waals surface area contributed by atoms with Crippen molar-refractivity contribution < 1.29 is 9.47 Å². The van der Waals surface area contributed by atoms with Crippen LogP contribution in [0.15, 0.2) is 109 Å². The SMILES string of the molecule is COc1ccc(C(=C(CC[Se]c2ccccc2)c2ccccc2)c2ccc(OC)cc2)cc1. The minimum atomic E-state index is 0.423. The molecule has 0 radical (unpaired) electrons. The average molecular weight is 500 g/mol. The minimum absolute atomic E-state index is 0.423. The van der Waals surface area contributed by atoms with Gasteiger partial charge in [0.25, 0.3) is 0 Å². The first-order valence-corrected chi connectivity index (χ1v) is 13.1. The Labute approximate surface area is 203 Å². The Balaban J connectivity index is 1.80. The quantitative estimate of drug-likeness (QED) is 0.193. The zero-order valence-corrected chi connectivity index (χ0v) is 20.7. The Kier molecular flexibility index (Phi) is 8.03. The Morgan fingerprint density at radius 2 is 1.06 bits per heavy atom. The van der Waals surface area contributed by atoms with E-state index in [9.17, 15) is 0 Å². The molecule has 4 rings (SSSR count). The van der Waals surface area contributed by atoms with Crippen molar-refractivity contribution in [2.24, 2.45) is 0 Å². The molecular formula is C30H28O2Se. The Hall–Kier alpha value is -3.26. The van der Waals surface area contributed by atoms with Gasteiger partial charge < -0.3 is 0 Å². The molecule has 0 fully saturated rings. The van der Waals surface area contributed by atoms with Crippen LogP contribution >= 0.6 is 0 Å². The van der Waals surface area contributed by atoms with E-state index >= 15 is 0 Å². The summed E-state index contributed by atoms with van der Waals surface area (Å²) in [6.45, 7) is 0. The molecule has 4 aromatic carbocycles. The topological polar surface area (TPSA) is 18.5 Å². The van der Waals surface area contributed by atoms with E-state index in [4.69, 9.17) is 9.47 Å². The molecule has 2 nitrogen and oxygen atoms in total. The van der Waals surface area contributed by atoms with Crippen molar-refractivity contribution in [2.75, 3.05) is 14.2 Å². The van der Waals surface area contributed by atoms with Crippen LogP contribution in [-0.4, -0.2) is 29.2 Å². The van der Waals surface area contributed by atoms with E-state index in [0.29, 0.717) is 15.0 Å². The Morgan fingerprint density at radius 3 is 1.55 bits per heavy atom. The van der Waals surface area contributed by atoms with Crippen molar-refractivity contribution in [3.8, 4) is 11.5 Å². The molecule has 0 saturated heterocycles. The number of benzene rings is 4. The van der Waals surface area contributed by atoms with Crippen LogP contribution in [0.1, 0.15) is 23.1 Å². The molecule has 0 N–H and O–H groups in total. The van der Waals surface area contributed by atoms with Crippen LogP contribution in [0.4, 0.5) is 0 Å².